The molecule has 0 N–H and O–H groups in total. The van der Waals surface area contributed by atoms with E-state index in [1.165, 1.54) is 21.3 Å². The standard InChI is InChI=1S/C23H22N4O3S3/c24-15-17-5-1-2-6-20(17)33(29,30)27-12-10-25(11-13-27)22(28)21-18-7-14-31-16-19(18)32-23(21)26-8-3-4-9-26/h1-6,8-9H,7,10-14,16H2. The van der Waals surface area contributed by atoms with E-state index in [0.717, 1.165) is 34.1 Å². The first kappa shape index (κ1) is 22.2. The van der Waals surface area contributed by atoms with Crippen molar-refractivity contribution >= 4 is 39.0 Å². The topological polar surface area (TPSA) is 86.4 Å². The van der Waals surface area contributed by atoms with E-state index in [1.807, 2.05) is 46.9 Å². The Morgan fingerprint density at radius 2 is 1.76 bits per heavy atom. The van der Waals surface area contributed by atoms with Crippen LogP contribution in [0, 0.1) is 11.3 Å². The molecule has 3 aromatic rings. The van der Waals surface area contributed by atoms with Gasteiger partial charge in [0.2, 0.25) is 10.0 Å². The predicted molar refractivity (Wildman–Crippen MR) is 129 cm³/mol. The lowest BCUT2D eigenvalue weighted by molar-refractivity contribution is 0.0697. The second-order valence-electron chi connectivity index (χ2n) is 7.88. The third-order valence-electron chi connectivity index (χ3n) is 6.01. The summed E-state index contributed by atoms with van der Waals surface area (Å²) < 4.78 is 29.7. The number of hydrogen-bond donors (Lipinski definition) is 0. The molecule has 0 atom stereocenters. The number of amides is 1. The van der Waals surface area contributed by atoms with E-state index in [0.29, 0.717) is 13.1 Å². The molecule has 2 aliphatic heterocycles. The zero-order valence-corrected chi connectivity index (χ0v) is 20.3. The highest BCUT2D eigenvalue weighted by molar-refractivity contribution is 7.98. The molecule has 0 saturated carbocycles. The lowest BCUT2D eigenvalue weighted by atomic mass is 10.1. The van der Waals surface area contributed by atoms with Gasteiger partial charge in [-0.1, -0.05) is 12.1 Å². The van der Waals surface area contributed by atoms with Gasteiger partial charge in [-0.25, -0.2) is 8.42 Å². The van der Waals surface area contributed by atoms with Crippen LogP contribution in [0.1, 0.15) is 26.4 Å². The van der Waals surface area contributed by atoms with Crippen LogP contribution < -0.4 is 0 Å². The van der Waals surface area contributed by atoms with E-state index in [9.17, 15) is 18.5 Å². The van der Waals surface area contributed by atoms with Gasteiger partial charge in [0.25, 0.3) is 5.91 Å². The summed E-state index contributed by atoms with van der Waals surface area (Å²) in [6.07, 6.45) is 4.79. The molecule has 0 radical (unpaired) electrons. The van der Waals surface area contributed by atoms with Crippen LogP contribution in [-0.2, 0) is 22.2 Å². The van der Waals surface area contributed by atoms with Crippen LogP contribution in [0.4, 0.5) is 0 Å². The maximum atomic E-state index is 13.7. The van der Waals surface area contributed by atoms with Gasteiger partial charge in [0.15, 0.2) is 0 Å². The molecule has 2 aromatic heterocycles. The average Bonchev–Trinajstić information content (AvgIpc) is 3.51. The minimum absolute atomic E-state index is 0.0200. The van der Waals surface area contributed by atoms with Crippen molar-refractivity contribution in [3.8, 4) is 11.1 Å². The molecule has 0 spiro atoms. The zero-order chi connectivity index (χ0) is 23.0. The molecule has 170 valence electrons. The van der Waals surface area contributed by atoms with Gasteiger partial charge in [0, 0.05) is 49.2 Å². The van der Waals surface area contributed by atoms with E-state index < -0.39 is 10.0 Å². The van der Waals surface area contributed by atoms with Crippen LogP contribution in [-0.4, -0.2) is 60.0 Å². The van der Waals surface area contributed by atoms with E-state index in [-0.39, 0.29) is 29.5 Å². The first-order chi connectivity index (χ1) is 16.0. The monoisotopic (exact) mass is 498 g/mol. The summed E-state index contributed by atoms with van der Waals surface area (Å²) in [5.41, 5.74) is 2.04. The molecular formula is C23H22N4O3S3. The fourth-order valence-corrected chi connectivity index (χ4v) is 8.31. The third-order valence-corrected chi connectivity index (χ3v) is 10.4. The lowest BCUT2D eigenvalue weighted by Crippen LogP contribution is -2.50. The SMILES string of the molecule is N#Cc1ccccc1S(=O)(=O)N1CCN(C(=O)c2c(-n3cccc3)sc3c2CCSC3)CC1. The van der Waals surface area contributed by atoms with Crippen LogP contribution in [0.5, 0.6) is 0 Å². The highest BCUT2D eigenvalue weighted by atomic mass is 32.2. The number of rotatable bonds is 4. The third kappa shape index (κ3) is 3.99. The molecule has 1 fully saturated rings. The molecule has 7 nitrogen and oxygen atoms in total. The minimum Gasteiger partial charge on any atom is -0.336 e. The van der Waals surface area contributed by atoms with Gasteiger partial charge in [-0.15, -0.1) is 11.3 Å². The minimum atomic E-state index is -3.80. The molecule has 1 amide bonds. The van der Waals surface area contributed by atoms with Crippen molar-refractivity contribution in [2.45, 2.75) is 17.1 Å². The maximum Gasteiger partial charge on any atom is 0.257 e. The first-order valence-corrected chi connectivity index (χ1v) is 14.1. The van der Waals surface area contributed by atoms with Gasteiger partial charge in [0.1, 0.15) is 11.1 Å². The smallest absolute Gasteiger partial charge is 0.257 e. The summed E-state index contributed by atoms with van der Waals surface area (Å²) in [6.45, 7) is 1.04. The van der Waals surface area contributed by atoms with E-state index in [1.54, 1.807) is 28.4 Å². The summed E-state index contributed by atoms with van der Waals surface area (Å²) in [7, 11) is -3.80. The van der Waals surface area contributed by atoms with Crippen molar-refractivity contribution in [1.82, 2.24) is 13.8 Å². The van der Waals surface area contributed by atoms with Crippen molar-refractivity contribution in [3.63, 3.8) is 0 Å². The Kier molecular flexibility index (Phi) is 6.05. The van der Waals surface area contributed by atoms with Gasteiger partial charge in [0.05, 0.1) is 16.0 Å². The van der Waals surface area contributed by atoms with Crippen molar-refractivity contribution < 1.29 is 13.2 Å². The van der Waals surface area contributed by atoms with Crippen molar-refractivity contribution in [2.24, 2.45) is 0 Å². The van der Waals surface area contributed by atoms with E-state index >= 15 is 0 Å². The molecule has 0 bridgehead atoms. The Hall–Kier alpha value is -2.58. The Labute approximate surface area is 201 Å². The lowest BCUT2D eigenvalue weighted by Gasteiger charge is -2.34. The van der Waals surface area contributed by atoms with Crippen LogP contribution in [0.15, 0.2) is 53.7 Å². The van der Waals surface area contributed by atoms with E-state index in [2.05, 4.69) is 0 Å². The van der Waals surface area contributed by atoms with Gasteiger partial charge in [-0.05, 0) is 42.0 Å². The molecule has 2 aliphatic rings. The molecule has 1 aromatic carbocycles. The van der Waals surface area contributed by atoms with Crippen molar-refractivity contribution in [2.75, 3.05) is 31.9 Å². The molecule has 1 saturated heterocycles. The average molecular weight is 499 g/mol. The fourth-order valence-electron chi connectivity index (χ4n) is 4.30. The number of fused-ring (bicyclic) bond motifs is 1. The number of thioether (sulfide) groups is 1. The van der Waals surface area contributed by atoms with Crippen molar-refractivity contribution in [1.29, 1.82) is 5.26 Å². The number of carbonyl (C=O) groups is 1. The summed E-state index contributed by atoms with van der Waals surface area (Å²) in [5.74, 6) is 1.89. The number of carbonyl (C=O) groups excluding carboxylic acids is 1. The van der Waals surface area contributed by atoms with Gasteiger partial charge in [-0.2, -0.15) is 21.3 Å². The predicted octanol–water partition coefficient (Wildman–Crippen LogP) is 3.35. The molecule has 10 heteroatoms. The number of thiophene rings is 1. The number of nitriles is 1. The van der Waals surface area contributed by atoms with Crippen LogP contribution in [0.2, 0.25) is 0 Å². The largest absolute Gasteiger partial charge is 0.336 e. The molecule has 4 heterocycles. The quantitative estimate of drug-likeness (QED) is 0.551. The number of hydrogen-bond acceptors (Lipinski definition) is 6. The highest BCUT2D eigenvalue weighted by Gasteiger charge is 2.34. The second kappa shape index (κ2) is 8.99. The fraction of sp³-hybridized carbons (Fsp3) is 0.304. The van der Waals surface area contributed by atoms with Gasteiger partial charge < -0.3 is 9.47 Å². The summed E-state index contributed by atoms with van der Waals surface area (Å²) in [6, 6.07) is 12.1. The Balaban J connectivity index is 1.39. The van der Waals surface area contributed by atoms with Crippen molar-refractivity contribution in [3.05, 3.63) is 70.4 Å². The number of benzene rings is 1. The molecular weight excluding hydrogens is 476 g/mol. The van der Waals surface area contributed by atoms with Gasteiger partial charge >= 0.3 is 0 Å². The summed E-state index contributed by atoms with van der Waals surface area (Å²) in [5, 5.41) is 10.3. The Bertz CT molecular complexity index is 1330. The first-order valence-electron chi connectivity index (χ1n) is 10.6. The number of sulfonamides is 1. The summed E-state index contributed by atoms with van der Waals surface area (Å²) in [4.78, 5) is 16.7. The number of nitrogens with zero attached hydrogens (tertiary/aromatic N) is 4. The Morgan fingerprint density at radius 1 is 1.03 bits per heavy atom. The van der Waals surface area contributed by atoms with Crippen LogP contribution in [0.25, 0.3) is 5.00 Å². The second-order valence-corrected chi connectivity index (χ2v) is 12.0. The van der Waals surface area contributed by atoms with Gasteiger partial charge in [-0.3, -0.25) is 4.79 Å². The molecule has 0 unspecified atom stereocenters. The van der Waals surface area contributed by atoms with Crippen LogP contribution in [0.3, 0.4) is 0 Å². The molecule has 5 rings (SSSR count). The molecule has 33 heavy (non-hydrogen) atoms. The normalized spacial score (nSPS) is 16.9. The van der Waals surface area contributed by atoms with E-state index in [4.69, 9.17) is 0 Å². The summed E-state index contributed by atoms with van der Waals surface area (Å²) >= 11 is 3.56. The molecule has 0 aliphatic carbocycles. The Morgan fingerprint density at radius 3 is 2.48 bits per heavy atom. The zero-order valence-electron chi connectivity index (χ0n) is 17.8. The van der Waals surface area contributed by atoms with Crippen LogP contribution >= 0.6 is 23.1 Å². The number of aromatic nitrogens is 1. The number of piperazine rings is 1. The maximum absolute atomic E-state index is 13.7. The highest BCUT2D eigenvalue weighted by Crippen LogP contribution is 2.39.